The molecule has 0 radical (unpaired) electrons. The van der Waals surface area contributed by atoms with Crippen molar-refractivity contribution in [3.63, 3.8) is 0 Å². The maximum Gasteiger partial charge on any atom is 0.0546 e. The van der Waals surface area contributed by atoms with Gasteiger partial charge in [0.2, 0.25) is 0 Å². The Morgan fingerprint density at radius 1 is 0.283 bits per heavy atom. The van der Waals surface area contributed by atoms with Gasteiger partial charge in [0.1, 0.15) is 0 Å². The molecule has 1 aromatic heterocycles. The van der Waals surface area contributed by atoms with E-state index in [0.29, 0.717) is 0 Å². The fourth-order valence-corrected chi connectivity index (χ4v) is 8.82. The summed E-state index contributed by atoms with van der Waals surface area (Å²) in [5.41, 5.74) is 16.2. The number of hydrogen-bond acceptors (Lipinski definition) is 1. The van der Waals surface area contributed by atoms with Gasteiger partial charge in [0.25, 0.3) is 0 Å². The third kappa shape index (κ3) is 6.41. The van der Waals surface area contributed by atoms with E-state index in [2.05, 4.69) is 252 Å². The van der Waals surface area contributed by atoms with Gasteiger partial charge in [-0.1, -0.05) is 176 Å². The largest absolute Gasteiger partial charge is 0.310 e. The molecule has 0 saturated heterocycles. The lowest BCUT2D eigenvalue weighted by atomic mass is 9.95. The molecule has 2 nitrogen and oxygen atoms in total. The molecule has 11 rings (SSSR count). The van der Waals surface area contributed by atoms with Gasteiger partial charge < -0.3 is 9.47 Å². The molecule has 0 fully saturated rings. The van der Waals surface area contributed by atoms with Gasteiger partial charge in [0, 0.05) is 33.4 Å². The summed E-state index contributed by atoms with van der Waals surface area (Å²) in [5, 5.41) is 4.98. The SMILES string of the molecule is c1ccc(-c2cccc(-c3ccc(N(c4ccc(-n5c6ccccc6c6ccccc65)cc4)c4cc(-c5ccc6ccccc6c5)ccc4-c4ccccc4)cc3)c2)cc1. The van der Waals surface area contributed by atoms with Crippen LogP contribution in [-0.2, 0) is 0 Å². The second kappa shape index (κ2) is 15.1. The Labute approximate surface area is 350 Å². The van der Waals surface area contributed by atoms with Crippen LogP contribution in [0.3, 0.4) is 0 Å². The highest BCUT2D eigenvalue weighted by molar-refractivity contribution is 6.09. The highest BCUT2D eigenvalue weighted by atomic mass is 15.1. The van der Waals surface area contributed by atoms with E-state index < -0.39 is 0 Å². The van der Waals surface area contributed by atoms with Crippen molar-refractivity contribution in [1.82, 2.24) is 4.57 Å². The highest BCUT2D eigenvalue weighted by Crippen LogP contribution is 2.44. The Bertz CT molecular complexity index is 3240. The van der Waals surface area contributed by atoms with Crippen molar-refractivity contribution in [2.24, 2.45) is 0 Å². The summed E-state index contributed by atoms with van der Waals surface area (Å²) < 4.78 is 2.38. The van der Waals surface area contributed by atoms with Crippen LogP contribution in [0.2, 0.25) is 0 Å². The average Bonchev–Trinajstić information content (AvgIpc) is 3.67. The fourth-order valence-electron chi connectivity index (χ4n) is 8.82. The van der Waals surface area contributed by atoms with E-state index in [1.807, 2.05) is 0 Å². The molecular weight excluding hydrogens is 725 g/mol. The van der Waals surface area contributed by atoms with Crippen LogP contribution in [0.15, 0.2) is 243 Å². The number of aromatic nitrogens is 1. The zero-order valence-corrected chi connectivity index (χ0v) is 33.0. The molecule has 0 unspecified atom stereocenters. The normalized spacial score (nSPS) is 11.3. The van der Waals surface area contributed by atoms with Crippen molar-refractivity contribution >= 4 is 49.6 Å². The van der Waals surface area contributed by atoms with Crippen LogP contribution in [0.25, 0.3) is 82.8 Å². The molecular formula is C58H40N2. The molecule has 11 aromatic rings. The van der Waals surface area contributed by atoms with Gasteiger partial charge in [-0.05, 0) is 116 Å². The Morgan fingerprint density at radius 2 is 0.750 bits per heavy atom. The van der Waals surface area contributed by atoms with Crippen molar-refractivity contribution in [2.75, 3.05) is 4.90 Å². The molecule has 60 heavy (non-hydrogen) atoms. The van der Waals surface area contributed by atoms with Gasteiger partial charge in [0.15, 0.2) is 0 Å². The van der Waals surface area contributed by atoms with Crippen LogP contribution in [-0.4, -0.2) is 4.57 Å². The zero-order valence-electron chi connectivity index (χ0n) is 33.0. The van der Waals surface area contributed by atoms with E-state index in [1.54, 1.807) is 0 Å². The molecule has 0 aliphatic carbocycles. The second-order valence-corrected chi connectivity index (χ2v) is 15.4. The summed E-state index contributed by atoms with van der Waals surface area (Å²) in [6.07, 6.45) is 0. The lowest BCUT2D eigenvalue weighted by Crippen LogP contribution is -2.11. The summed E-state index contributed by atoms with van der Waals surface area (Å²) in [4.78, 5) is 2.42. The number of anilines is 3. The monoisotopic (exact) mass is 764 g/mol. The molecule has 0 amide bonds. The smallest absolute Gasteiger partial charge is 0.0546 e. The minimum absolute atomic E-state index is 1.08. The molecule has 0 spiro atoms. The van der Waals surface area contributed by atoms with E-state index in [0.717, 1.165) is 33.9 Å². The lowest BCUT2D eigenvalue weighted by molar-refractivity contribution is 1.17. The first kappa shape index (κ1) is 35.2. The molecule has 10 aromatic carbocycles. The molecule has 0 aliphatic heterocycles. The number of hydrogen-bond donors (Lipinski definition) is 0. The third-order valence-electron chi connectivity index (χ3n) is 11.8. The number of nitrogens with zero attached hydrogens (tertiary/aromatic N) is 2. The standard InChI is InChI=1S/C58H40N2/c1-3-14-41(15-4-1)46-20-13-21-47(38-46)43-28-31-50(32-29-43)59(51-33-35-52(36-34-51)60-56-24-11-9-22-54(56)55-23-10-12-25-57(55)60)58-40-49(30-37-53(58)44-17-5-2-6-18-44)48-27-26-42-16-7-8-19-45(42)39-48/h1-40H. The van der Waals surface area contributed by atoms with Gasteiger partial charge >= 0.3 is 0 Å². The first-order chi connectivity index (χ1) is 29.7. The third-order valence-corrected chi connectivity index (χ3v) is 11.8. The van der Waals surface area contributed by atoms with E-state index in [-0.39, 0.29) is 0 Å². The minimum Gasteiger partial charge on any atom is -0.310 e. The van der Waals surface area contributed by atoms with Crippen molar-refractivity contribution < 1.29 is 0 Å². The molecule has 282 valence electrons. The van der Waals surface area contributed by atoms with Crippen LogP contribution in [0, 0.1) is 0 Å². The number of benzene rings is 10. The van der Waals surface area contributed by atoms with Crippen molar-refractivity contribution in [1.29, 1.82) is 0 Å². The Balaban J connectivity index is 1.08. The van der Waals surface area contributed by atoms with Crippen molar-refractivity contribution in [3.8, 4) is 50.2 Å². The first-order valence-corrected chi connectivity index (χ1v) is 20.6. The lowest BCUT2D eigenvalue weighted by Gasteiger charge is -2.29. The molecule has 1 heterocycles. The Kier molecular flexibility index (Phi) is 8.87. The topological polar surface area (TPSA) is 8.17 Å². The first-order valence-electron chi connectivity index (χ1n) is 20.6. The molecule has 2 heteroatoms. The Hall–Kier alpha value is -7.94. The predicted octanol–water partition coefficient (Wildman–Crippen LogP) is 16.1. The van der Waals surface area contributed by atoms with Crippen LogP contribution < -0.4 is 4.90 Å². The molecule has 0 N–H and O–H groups in total. The van der Waals surface area contributed by atoms with Gasteiger partial charge in [-0.15, -0.1) is 0 Å². The van der Waals surface area contributed by atoms with Crippen LogP contribution in [0.1, 0.15) is 0 Å². The van der Waals surface area contributed by atoms with Crippen LogP contribution in [0.4, 0.5) is 17.1 Å². The molecule has 0 atom stereocenters. The van der Waals surface area contributed by atoms with Crippen LogP contribution >= 0.6 is 0 Å². The van der Waals surface area contributed by atoms with Crippen LogP contribution in [0.5, 0.6) is 0 Å². The molecule has 0 bridgehead atoms. The summed E-state index contributed by atoms with van der Waals surface area (Å²) in [7, 11) is 0. The quantitative estimate of drug-likeness (QED) is 0.150. The summed E-state index contributed by atoms with van der Waals surface area (Å²) >= 11 is 0. The van der Waals surface area contributed by atoms with E-state index in [1.165, 1.54) is 66.0 Å². The van der Waals surface area contributed by atoms with Gasteiger partial charge in [0.05, 0.1) is 16.7 Å². The molecule has 0 saturated carbocycles. The van der Waals surface area contributed by atoms with E-state index >= 15 is 0 Å². The van der Waals surface area contributed by atoms with Gasteiger partial charge in [-0.25, -0.2) is 0 Å². The number of para-hydroxylation sites is 2. The van der Waals surface area contributed by atoms with Crippen molar-refractivity contribution in [3.05, 3.63) is 243 Å². The fraction of sp³-hybridized carbons (Fsp3) is 0. The minimum atomic E-state index is 1.08. The van der Waals surface area contributed by atoms with E-state index in [4.69, 9.17) is 0 Å². The summed E-state index contributed by atoms with van der Waals surface area (Å²) in [6.45, 7) is 0. The highest BCUT2D eigenvalue weighted by Gasteiger charge is 2.20. The van der Waals surface area contributed by atoms with Crippen molar-refractivity contribution in [2.45, 2.75) is 0 Å². The molecule has 0 aliphatic rings. The zero-order chi connectivity index (χ0) is 39.8. The maximum atomic E-state index is 2.42. The van der Waals surface area contributed by atoms with E-state index in [9.17, 15) is 0 Å². The summed E-state index contributed by atoms with van der Waals surface area (Å²) in [5.74, 6) is 0. The predicted molar refractivity (Wildman–Crippen MR) is 255 cm³/mol. The second-order valence-electron chi connectivity index (χ2n) is 15.4. The summed E-state index contributed by atoms with van der Waals surface area (Å²) in [6, 6.07) is 88.0. The number of fused-ring (bicyclic) bond motifs is 4. The van der Waals surface area contributed by atoms with Gasteiger partial charge in [-0.3, -0.25) is 0 Å². The Morgan fingerprint density at radius 3 is 1.42 bits per heavy atom. The average molecular weight is 765 g/mol. The number of rotatable bonds is 8. The van der Waals surface area contributed by atoms with Gasteiger partial charge in [-0.2, -0.15) is 0 Å². The maximum absolute atomic E-state index is 2.42.